The largest absolute Gasteiger partial charge is 0.479 e. The van der Waals surface area contributed by atoms with Crippen molar-refractivity contribution in [3.05, 3.63) is 11.8 Å². The quantitative estimate of drug-likeness (QED) is 0.655. The van der Waals surface area contributed by atoms with Gasteiger partial charge in [0.05, 0.1) is 36.9 Å². The van der Waals surface area contributed by atoms with Crippen LogP contribution in [0.25, 0.3) is 10.9 Å². The normalized spacial score (nSPS) is 10.7. The molecular formula is C13H19N5O4. The number of aromatic amines is 1. The maximum absolute atomic E-state index is 11.8. The van der Waals surface area contributed by atoms with Crippen LogP contribution in [-0.2, 0) is 16.1 Å². The molecule has 0 aliphatic carbocycles. The van der Waals surface area contributed by atoms with Crippen molar-refractivity contribution < 1.29 is 19.0 Å². The fourth-order valence-corrected chi connectivity index (χ4v) is 1.97. The van der Waals surface area contributed by atoms with Gasteiger partial charge in [-0.25, -0.2) is 9.78 Å². The van der Waals surface area contributed by atoms with Gasteiger partial charge in [-0.15, -0.1) is 5.10 Å². The van der Waals surface area contributed by atoms with E-state index in [0.29, 0.717) is 36.1 Å². The average Bonchev–Trinajstić information content (AvgIpc) is 2.91. The first-order chi connectivity index (χ1) is 10.7. The molecule has 0 spiro atoms. The smallest absolute Gasteiger partial charge is 0.320 e. The maximum atomic E-state index is 11.8. The van der Waals surface area contributed by atoms with Crippen LogP contribution in [0.4, 0.5) is 10.6 Å². The van der Waals surface area contributed by atoms with Crippen molar-refractivity contribution in [3.63, 3.8) is 0 Å². The van der Waals surface area contributed by atoms with Crippen LogP contribution >= 0.6 is 0 Å². The second kappa shape index (κ2) is 7.57. The standard InChI is InChI=1S/C13H19N5O4/c1-20-5-4-14-13(19)16-10-6-8-11(9(15-10)7-21-2)12(22-3)18-17-8/h6H,4-5,7H2,1-3H3,(H,17,18)(H2,14,15,16,19). The zero-order chi connectivity index (χ0) is 15.9. The fourth-order valence-electron chi connectivity index (χ4n) is 1.97. The Kier molecular flexibility index (Phi) is 5.50. The van der Waals surface area contributed by atoms with Crippen LogP contribution < -0.4 is 15.4 Å². The monoisotopic (exact) mass is 309 g/mol. The van der Waals surface area contributed by atoms with E-state index in [-0.39, 0.29) is 12.6 Å². The number of hydrogen-bond donors (Lipinski definition) is 3. The lowest BCUT2D eigenvalue weighted by Gasteiger charge is -2.09. The molecule has 0 saturated heterocycles. The van der Waals surface area contributed by atoms with Crippen molar-refractivity contribution in [2.45, 2.75) is 6.61 Å². The number of amides is 2. The Hall–Kier alpha value is -2.39. The molecule has 2 amide bonds. The van der Waals surface area contributed by atoms with E-state index in [9.17, 15) is 4.79 Å². The molecule has 0 aromatic carbocycles. The van der Waals surface area contributed by atoms with E-state index in [2.05, 4.69) is 25.8 Å². The minimum Gasteiger partial charge on any atom is -0.479 e. The predicted octanol–water partition coefficient (Wildman–Crippen LogP) is 0.881. The summed E-state index contributed by atoms with van der Waals surface area (Å²) in [5.74, 6) is 0.825. The molecule has 9 nitrogen and oxygen atoms in total. The number of urea groups is 1. The average molecular weight is 309 g/mol. The van der Waals surface area contributed by atoms with Gasteiger partial charge in [-0.05, 0) is 0 Å². The molecule has 22 heavy (non-hydrogen) atoms. The second-order valence-corrected chi connectivity index (χ2v) is 4.42. The Morgan fingerprint density at radius 2 is 2.14 bits per heavy atom. The summed E-state index contributed by atoms with van der Waals surface area (Å²) in [5.41, 5.74) is 1.32. The highest BCUT2D eigenvalue weighted by Gasteiger charge is 2.15. The zero-order valence-electron chi connectivity index (χ0n) is 12.7. The van der Waals surface area contributed by atoms with Crippen LogP contribution in [0, 0.1) is 0 Å². The van der Waals surface area contributed by atoms with E-state index in [1.165, 1.54) is 7.11 Å². The number of carbonyl (C=O) groups is 1. The SMILES string of the molecule is COCCNC(=O)Nc1cc2[nH]nc(OC)c2c(COC)n1. The van der Waals surface area contributed by atoms with Crippen LogP contribution in [-0.4, -0.2) is 55.7 Å². The summed E-state index contributed by atoms with van der Waals surface area (Å²) < 4.78 is 15.2. The Morgan fingerprint density at radius 3 is 2.82 bits per heavy atom. The van der Waals surface area contributed by atoms with Crippen molar-refractivity contribution in [1.82, 2.24) is 20.5 Å². The first-order valence-corrected chi connectivity index (χ1v) is 6.64. The lowest BCUT2D eigenvalue weighted by molar-refractivity contribution is 0.182. The van der Waals surface area contributed by atoms with Gasteiger partial charge in [0, 0.05) is 26.8 Å². The van der Waals surface area contributed by atoms with Crippen molar-refractivity contribution in [3.8, 4) is 5.88 Å². The molecule has 0 aliphatic heterocycles. The molecule has 0 saturated carbocycles. The van der Waals surface area contributed by atoms with E-state index < -0.39 is 0 Å². The number of carbonyl (C=O) groups excluding carboxylic acids is 1. The lowest BCUT2D eigenvalue weighted by Crippen LogP contribution is -2.31. The van der Waals surface area contributed by atoms with Crippen molar-refractivity contribution in [2.24, 2.45) is 0 Å². The van der Waals surface area contributed by atoms with Gasteiger partial charge >= 0.3 is 6.03 Å². The van der Waals surface area contributed by atoms with Crippen molar-refractivity contribution in [1.29, 1.82) is 0 Å². The number of anilines is 1. The van der Waals surface area contributed by atoms with Crippen LogP contribution in [0.1, 0.15) is 5.69 Å². The van der Waals surface area contributed by atoms with Gasteiger partial charge in [-0.3, -0.25) is 10.4 Å². The number of methoxy groups -OCH3 is 3. The van der Waals surface area contributed by atoms with Crippen molar-refractivity contribution in [2.75, 3.05) is 39.8 Å². The number of pyridine rings is 1. The number of H-pyrrole nitrogens is 1. The number of ether oxygens (including phenoxy) is 3. The molecule has 2 rings (SSSR count). The Labute approximate surface area is 127 Å². The number of fused-ring (bicyclic) bond motifs is 1. The summed E-state index contributed by atoms with van der Waals surface area (Å²) in [6, 6.07) is 1.32. The third-order valence-corrected chi connectivity index (χ3v) is 2.89. The van der Waals surface area contributed by atoms with Gasteiger partial charge in [0.2, 0.25) is 5.88 Å². The molecule has 0 aliphatic rings. The van der Waals surface area contributed by atoms with Gasteiger partial charge in [0.25, 0.3) is 0 Å². The summed E-state index contributed by atoms with van der Waals surface area (Å²) in [6.45, 7) is 1.12. The molecule has 0 fully saturated rings. The molecule has 0 atom stereocenters. The van der Waals surface area contributed by atoms with Crippen LogP contribution in [0.15, 0.2) is 6.07 Å². The highest BCUT2D eigenvalue weighted by Crippen LogP contribution is 2.27. The highest BCUT2D eigenvalue weighted by molar-refractivity contribution is 5.93. The number of hydrogen-bond acceptors (Lipinski definition) is 6. The molecular weight excluding hydrogens is 290 g/mol. The van der Waals surface area contributed by atoms with Crippen LogP contribution in [0.5, 0.6) is 5.88 Å². The van der Waals surface area contributed by atoms with E-state index in [4.69, 9.17) is 14.2 Å². The van der Waals surface area contributed by atoms with Gasteiger partial charge in [-0.2, -0.15) is 0 Å². The molecule has 3 N–H and O–H groups in total. The number of nitrogens with zero attached hydrogens (tertiary/aromatic N) is 2. The van der Waals surface area contributed by atoms with E-state index in [1.807, 2.05) is 0 Å². The lowest BCUT2D eigenvalue weighted by atomic mass is 10.2. The third-order valence-electron chi connectivity index (χ3n) is 2.89. The summed E-state index contributed by atoms with van der Waals surface area (Å²) in [7, 11) is 4.66. The Bertz CT molecular complexity index is 643. The molecule has 2 heterocycles. The van der Waals surface area contributed by atoms with E-state index in [1.54, 1.807) is 20.3 Å². The second-order valence-electron chi connectivity index (χ2n) is 4.42. The predicted molar refractivity (Wildman–Crippen MR) is 80.1 cm³/mol. The summed E-state index contributed by atoms with van der Waals surface area (Å²) in [6.07, 6.45) is 0. The van der Waals surface area contributed by atoms with Crippen LogP contribution in [0.2, 0.25) is 0 Å². The van der Waals surface area contributed by atoms with Gasteiger partial charge < -0.3 is 19.5 Å². The molecule has 2 aromatic rings. The Balaban J connectivity index is 2.22. The van der Waals surface area contributed by atoms with Gasteiger partial charge in [-0.1, -0.05) is 0 Å². The van der Waals surface area contributed by atoms with E-state index in [0.717, 1.165) is 5.39 Å². The highest BCUT2D eigenvalue weighted by atomic mass is 16.5. The minimum absolute atomic E-state index is 0.271. The zero-order valence-corrected chi connectivity index (χ0v) is 12.7. The fraction of sp³-hybridized carbons (Fsp3) is 0.462. The molecule has 0 unspecified atom stereocenters. The minimum atomic E-state index is -0.362. The summed E-state index contributed by atoms with van der Waals surface area (Å²) in [5, 5.41) is 12.9. The number of rotatable bonds is 7. The van der Waals surface area contributed by atoms with Crippen molar-refractivity contribution >= 4 is 22.8 Å². The summed E-state index contributed by atoms with van der Waals surface area (Å²) >= 11 is 0. The van der Waals surface area contributed by atoms with E-state index >= 15 is 0 Å². The molecule has 120 valence electrons. The number of nitrogens with one attached hydrogen (secondary N) is 3. The van der Waals surface area contributed by atoms with Crippen LogP contribution in [0.3, 0.4) is 0 Å². The summed E-state index contributed by atoms with van der Waals surface area (Å²) in [4.78, 5) is 16.1. The topological polar surface area (TPSA) is 110 Å². The first kappa shape index (κ1) is 16.0. The molecule has 2 aromatic heterocycles. The molecule has 0 radical (unpaired) electrons. The van der Waals surface area contributed by atoms with Gasteiger partial charge in [0.15, 0.2) is 0 Å². The first-order valence-electron chi connectivity index (χ1n) is 6.64. The molecule has 9 heteroatoms. The van der Waals surface area contributed by atoms with Gasteiger partial charge in [0.1, 0.15) is 5.82 Å². The maximum Gasteiger partial charge on any atom is 0.320 e. The molecule has 0 bridgehead atoms. The third kappa shape index (κ3) is 3.62. The number of aromatic nitrogens is 3. The Morgan fingerprint density at radius 1 is 1.32 bits per heavy atom.